The van der Waals surface area contributed by atoms with E-state index in [4.69, 9.17) is 10.5 Å². The Morgan fingerprint density at radius 1 is 1.38 bits per heavy atom. The Bertz CT molecular complexity index is 456. The predicted molar refractivity (Wildman–Crippen MR) is 82.3 cm³/mol. The summed E-state index contributed by atoms with van der Waals surface area (Å²) >= 11 is 0. The van der Waals surface area contributed by atoms with E-state index in [1.54, 1.807) is 7.11 Å². The molecule has 0 radical (unpaired) electrons. The number of aliphatic imine (C=N–C) groups is 1. The van der Waals surface area contributed by atoms with Gasteiger partial charge in [-0.1, -0.05) is 6.42 Å². The number of aromatic nitrogens is 3. The molecule has 1 aromatic rings. The molecule has 1 aromatic heterocycles. The summed E-state index contributed by atoms with van der Waals surface area (Å²) in [7, 11) is 1.66. The van der Waals surface area contributed by atoms with Gasteiger partial charge in [-0.05, 0) is 19.3 Å². The van der Waals surface area contributed by atoms with Crippen LogP contribution in [0.15, 0.2) is 4.99 Å². The van der Waals surface area contributed by atoms with E-state index in [-0.39, 0.29) is 0 Å². The molecule has 0 saturated carbocycles. The lowest BCUT2D eigenvalue weighted by molar-refractivity contribution is 0.204. The van der Waals surface area contributed by atoms with Crippen LogP contribution in [0.4, 0.5) is 0 Å². The SMILES string of the molecule is COCCNC(N)=NCCCc1nnc2n1CCCCC2. The fourth-order valence-corrected chi connectivity index (χ4v) is 2.50. The number of aryl methyl sites for hydroxylation is 2. The molecule has 0 spiro atoms. The first-order chi connectivity index (χ1) is 10.3. The molecule has 7 nitrogen and oxygen atoms in total. The number of rotatable bonds is 7. The zero-order valence-electron chi connectivity index (χ0n) is 12.8. The minimum absolute atomic E-state index is 0.479. The van der Waals surface area contributed by atoms with Gasteiger partial charge in [0.1, 0.15) is 11.6 Å². The molecule has 1 aliphatic rings. The maximum Gasteiger partial charge on any atom is 0.188 e. The number of ether oxygens (including phenoxy) is 1. The Morgan fingerprint density at radius 2 is 2.29 bits per heavy atom. The number of guanidine groups is 1. The Morgan fingerprint density at radius 3 is 3.14 bits per heavy atom. The van der Waals surface area contributed by atoms with Crippen LogP contribution in [0.25, 0.3) is 0 Å². The first kappa shape index (κ1) is 15.8. The zero-order chi connectivity index (χ0) is 14.9. The summed E-state index contributed by atoms with van der Waals surface area (Å²) in [6.45, 7) is 3.07. The van der Waals surface area contributed by atoms with Crippen molar-refractivity contribution in [3.8, 4) is 0 Å². The maximum atomic E-state index is 5.76. The van der Waals surface area contributed by atoms with Crippen molar-refractivity contribution in [1.82, 2.24) is 20.1 Å². The van der Waals surface area contributed by atoms with E-state index in [9.17, 15) is 0 Å². The molecule has 0 amide bonds. The molecular formula is C14H26N6O. The normalized spacial score (nSPS) is 15.6. The molecule has 0 aromatic carbocycles. The molecule has 2 rings (SSSR count). The Hall–Kier alpha value is -1.63. The molecule has 3 N–H and O–H groups in total. The van der Waals surface area contributed by atoms with Crippen LogP contribution >= 0.6 is 0 Å². The molecule has 0 saturated heterocycles. The second kappa shape index (κ2) is 8.61. The van der Waals surface area contributed by atoms with Gasteiger partial charge in [-0.15, -0.1) is 10.2 Å². The summed E-state index contributed by atoms with van der Waals surface area (Å²) in [5, 5.41) is 11.6. The van der Waals surface area contributed by atoms with Crippen LogP contribution in [0.5, 0.6) is 0 Å². The van der Waals surface area contributed by atoms with Crippen LogP contribution in [0.1, 0.15) is 37.3 Å². The summed E-state index contributed by atoms with van der Waals surface area (Å²) in [4.78, 5) is 4.30. The monoisotopic (exact) mass is 294 g/mol. The topological polar surface area (TPSA) is 90.3 Å². The van der Waals surface area contributed by atoms with Crippen molar-refractivity contribution in [2.75, 3.05) is 26.8 Å². The standard InChI is InChI=1S/C14H26N6O/c1-21-11-9-17-14(15)16-8-5-7-13-19-18-12-6-3-2-4-10-20(12)13/h2-11H2,1H3,(H3,15,16,17). The van der Waals surface area contributed by atoms with E-state index in [0.29, 0.717) is 25.7 Å². The minimum atomic E-state index is 0.479. The van der Waals surface area contributed by atoms with Gasteiger partial charge in [-0.25, -0.2) is 0 Å². The first-order valence-corrected chi connectivity index (χ1v) is 7.75. The summed E-state index contributed by atoms with van der Waals surface area (Å²) in [6.07, 6.45) is 6.64. The fourth-order valence-electron chi connectivity index (χ4n) is 2.50. The molecule has 0 unspecified atom stereocenters. The van der Waals surface area contributed by atoms with Gasteiger partial charge in [0.05, 0.1) is 6.61 Å². The van der Waals surface area contributed by atoms with E-state index in [0.717, 1.165) is 37.5 Å². The average molecular weight is 294 g/mol. The third-order valence-corrected chi connectivity index (χ3v) is 3.64. The number of nitrogens with two attached hydrogens (primary N) is 1. The van der Waals surface area contributed by atoms with Crippen LogP contribution in [0.2, 0.25) is 0 Å². The van der Waals surface area contributed by atoms with Crippen molar-refractivity contribution in [1.29, 1.82) is 0 Å². The van der Waals surface area contributed by atoms with Gasteiger partial charge < -0.3 is 20.4 Å². The molecule has 0 bridgehead atoms. The molecule has 0 fully saturated rings. The molecular weight excluding hydrogens is 268 g/mol. The Kier molecular flexibility index (Phi) is 6.46. The first-order valence-electron chi connectivity index (χ1n) is 7.75. The maximum absolute atomic E-state index is 5.76. The third kappa shape index (κ3) is 5.00. The van der Waals surface area contributed by atoms with E-state index >= 15 is 0 Å². The number of nitrogens with zero attached hydrogens (tertiary/aromatic N) is 4. The fraction of sp³-hybridized carbons (Fsp3) is 0.786. The van der Waals surface area contributed by atoms with Crippen molar-refractivity contribution in [3.63, 3.8) is 0 Å². The van der Waals surface area contributed by atoms with Gasteiger partial charge in [-0.2, -0.15) is 0 Å². The quantitative estimate of drug-likeness (QED) is 0.434. The van der Waals surface area contributed by atoms with Crippen molar-refractivity contribution in [2.45, 2.75) is 45.1 Å². The average Bonchev–Trinajstić information content (AvgIpc) is 2.71. The molecule has 21 heavy (non-hydrogen) atoms. The zero-order valence-corrected chi connectivity index (χ0v) is 12.8. The van der Waals surface area contributed by atoms with Crippen LogP contribution in [-0.4, -0.2) is 47.5 Å². The van der Waals surface area contributed by atoms with Crippen LogP contribution in [0, 0.1) is 0 Å². The lowest BCUT2D eigenvalue weighted by Crippen LogP contribution is -2.34. The lowest BCUT2D eigenvalue weighted by atomic mass is 10.2. The van der Waals surface area contributed by atoms with Gasteiger partial charge in [0.2, 0.25) is 0 Å². The van der Waals surface area contributed by atoms with Crippen molar-refractivity contribution >= 4 is 5.96 Å². The molecule has 0 aliphatic carbocycles. The number of fused-ring (bicyclic) bond motifs is 1. The van der Waals surface area contributed by atoms with Crippen LogP contribution < -0.4 is 11.1 Å². The van der Waals surface area contributed by atoms with Crippen molar-refractivity contribution in [2.24, 2.45) is 10.7 Å². The largest absolute Gasteiger partial charge is 0.383 e. The van der Waals surface area contributed by atoms with Gasteiger partial charge in [0.25, 0.3) is 0 Å². The second-order valence-corrected chi connectivity index (χ2v) is 5.28. The smallest absolute Gasteiger partial charge is 0.188 e. The third-order valence-electron chi connectivity index (χ3n) is 3.64. The van der Waals surface area contributed by atoms with Crippen molar-refractivity contribution < 1.29 is 4.74 Å². The van der Waals surface area contributed by atoms with Gasteiger partial charge in [-0.3, -0.25) is 4.99 Å². The van der Waals surface area contributed by atoms with Crippen LogP contribution in [-0.2, 0) is 24.1 Å². The molecule has 1 aliphatic heterocycles. The van der Waals surface area contributed by atoms with Gasteiger partial charge in [0.15, 0.2) is 5.96 Å². The van der Waals surface area contributed by atoms with Gasteiger partial charge >= 0.3 is 0 Å². The molecule has 2 heterocycles. The number of hydrogen-bond donors (Lipinski definition) is 2. The highest BCUT2D eigenvalue weighted by Gasteiger charge is 2.13. The second-order valence-electron chi connectivity index (χ2n) is 5.28. The molecule has 7 heteroatoms. The highest BCUT2D eigenvalue weighted by Crippen LogP contribution is 2.15. The minimum Gasteiger partial charge on any atom is -0.383 e. The molecule has 118 valence electrons. The molecule has 0 atom stereocenters. The predicted octanol–water partition coefficient (Wildman–Crippen LogP) is 0.488. The Balaban J connectivity index is 1.74. The summed E-state index contributed by atoms with van der Waals surface area (Å²) < 4.78 is 7.23. The van der Waals surface area contributed by atoms with Crippen molar-refractivity contribution in [3.05, 3.63) is 11.6 Å². The number of nitrogens with one attached hydrogen (secondary N) is 1. The van der Waals surface area contributed by atoms with E-state index in [2.05, 4.69) is 25.1 Å². The summed E-state index contributed by atoms with van der Waals surface area (Å²) in [6, 6.07) is 0. The highest BCUT2D eigenvalue weighted by atomic mass is 16.5. The van der Waals surface area contributed by atoms with E-state index in [1.165, 1.54) is 19.3 Å². The van der Waals surface area contributed by atoms with Gasteiger partial charge in [0, 0.05) is 39.6 Å². The highest BCUT2D eigenvalue weighted by molar-refractivity contribution is 5.77. The van der Waals surface area contributed by atoms with Crippen LogP contribution in [0.3, 0.4) is 0 Å². The Labute approximate surface area is 126 Å². The number of methoxy groups -OCH3 is 1. The van der Waals surface area contributed by atoms with E-state index < -0.39 is 0 Å². The number of hydrogen-bond acceptors (Lipinski definition) is 4. The lowest BCUT2D eigenvalue weighted by Gasteiger charge is -2.06. The van der Waals surface area contributed by atoms with E-state index in [1.807, 2.05) is 0 Å². The summed E-state index contributed by atoms with van der Waals surface area (Å²) in [5.74, 6) is 2.71. The summed E-state index contributed by atoms with van der Waals surface area (Å²) in [5.41, 5.74) is 5.76.